The summed E-state index contributed by atoms with van der Waals surface area (Å²) in [6.07, 6.45) is 0. The zero-order valence-electron chi connectivity index (χ0n) is 20.2. The van der Waals surface area contributed by atoms with Gasteiger partial charge in [0.2, 0.25) is 5.75 Å². The minimum Gasteiger partial charge on any atom is -0.494 e. The van der Waals surface area contributed by atoms with Crippen molar-refractivity contribution in [1.82, 2.24) is 4.98 Å². The van der Waals surface area contributed by atoms with E-state index in [2.05, 4.69) is 10.3 Å². The predicted octanol–water partition coefficient (Wildman–Crippen LogP) is 6.40. The van der Waals surface area contributed by atoms with Crippen molar-refractivity contribution in [2.75, 3.05) is 31.7 Å². The van der Waals surface area contributed by atoms with Crippen LogP contribution in [0, 0.1) is 0 Å². The lowest BCUT2D eigenvalue weighted by Crippen LogP contribution is -2.13. The summed E-state index contributed by atoms with van der Waals surface area (Å²) in [7, 11) is 0. The number of nitrogens with zero attached hydrogens (tertiary/aromatic N) is 1. The number of amides is 1. The zero-order chi connectivity index (χ0) is 24.8. The SMILES string of the molecule is CCOc1ccc2oc(-c3csc(NC(=O)c4cc(OCC)c(OCC)c(OCC)c4)n3)cc2c1. The van der Waals surface area contributed by atoms with Crippen LogP contribution in [0.25, 0.3) is 22.4 Å². The highest BCUT2D eigenvalue weighted by molar-refractivity contribution is 7.14. The Bertz CT molecular complexity index is 1290. The third-order valence-electron chi connectivity index (χ3n) is 4.95. The second kappa shape index (κ2) is 11.1. The molecule has 9 heteroatoms. The van der Waals surface area contributed by atoms with Crippen molar-refractivity contribution in [3.8, 4) is 34.5 Å². The minimum absolute atomic E-state index is 0.332. The van der Waals surface area contributed by atoms with Crippen LogP contribution in [0.15, 0.2) is 46.2 Å². The summed E-state index contributed by atoms with van der Waals surface area (Å²) in [6.45, 7) is 9.46. The van der Waals surface area contributed by atoms with Gasteiger partial charge in [-0.15, -0.1) is 11.3 Å². The Balaban J connectivity index is 1.56. The second-order valence-corrected chi connectivity index (χ2v) is 8.19. The standard InChI is InChI=1S/C26H28N2O6S/c1-5-30-18-9-10-20-16(11-18)12-21(34-20)19-15-35-26(27-19)28-25(29)17-13-22(31-6-2)24(33-8-4)23(14-17)32-7-3/h9-15H,5-8H2,1-4H3,(H,27,28,29). The number of hydrogen-bond donors (Lipinski definition) is 1. The largest absolute Gasteiger partial charge is 0.494 e. The van der Waals surface area contributed by atoms with Crippen molar-refractivity contribution in [1.29, 1.82) is 0 Å². The molecule has 8 nitrogen and oxygen atoms in total. The average Bonchev–Trinajstić information content (AvgIpc) is 3.48. The summed E-state index contributed by atoms with van der Waals surface area (Å²) < 4.78 is 28.6. The first-order valence-electron chi connectivity index (χ1n) is 11.6. The predicted molar refractivity (Wildman–Crippen MR) is 136 cm³/mol. The van der Waals surface area contributed by atoms with Crippen LogP contribution in [0.1, 0.15) is 38.1 Å². The molecular weight excluding hydrogens is 468 g/mol. The van der Waals surface area contributed by atoms with Gasteiger partial charge in [-0.3, -0.25) is 10.1 Å². The van der Waals surface area contributed by atoms with E-state index in [1.165, 1.54) is 11.3 Å². The van der Waals surface area contributed by atoms with Crippen molar-refractivity contribution >= 4 is 33.3 Å². The second-order valence-electron chi connectivity index (χ2n) is 7.34. The molecule has 0 aliphatic carbocycles. The maximum atomic E-state index is 13.0. The molecule has 0 fully saturated rings. The highest BCUT2D eigenvalue weighted by Gasteiger charge is 2.20. The van der Waals surface area contributed by atoms with Crippen molar-refractivity contribution in [2.45, 2.75) is 27.7 Å². The number of nitrogens with one attached hydrogen (secondary N) is 1. The number of carbonyl (C=O) groups is 1. The molecule has 4 aromatic rings. The van der Waals surface area contributed by atoms with Crippen molar-refractivity contribution < 1.29 is 28.2 Å². The van der Waals surface area contributed by atoms with Crippen LogP contribution in [0.5, 0.6) is 23.0 Å². The number of rotatable bonds is 11. The van der Waals surface area contributed by atoms with E-state index in [0.29, 0.717) is 65.8 Å². The van der Waals surface area contributed by atoms with Crippen molar-refractivity contribution in [3.05, 3.63) is 47.3 Å². The van der Waals surface area contributed by atoms with E-state index < -0.39 is 0 Å². The molecule has 0 saturated heterocycles. The summed E-state index contributed by atoms with van der Waals surface area (Å²) in [4.78, 5) is 17.6. The van der Waals surface area contributed by atoms with Gasteiger partial charge in [-0.2, -0.15) is 0 Å². The van der Waals surface area contributed by atoms with E-state index in [0.717, 1.165) is 16.7 Å². The molecule has 4 rings (SSSR count). The van der Waals surface area contributed by atoms with E-state index >= 15 is 0 Å². The number of thiazole rings is 1. The number of anilines is 1. The Morgan fingerprint density at radius 1 is 0.914 bits per heavy atom. The monoisotopic (exact) mass is 496 g/mol. The van der Waals surface area contributed by atoms with E-state index in [1.54, 1.807) is 12.1 Å². The fourth-order valence-electron chi connectivity index (χ4n) is 3.54. The molecule has 0 aliphatic heterocycles. The molecule has 0 radical (unpaired) electrons. The Labute approximate surface area is 207 Å². The lowest BCUT2D eigenvalue weighted by Gasteiger charge is -2.16. The van der Waals surface area contributed by atoms with Crippen LogP contribution >= 0.6 is 11.3 Å². The molecule has 2 heterocycles. The molecule has 2 aromatic heterocycles. The summed E-state index contributed by atoms with van der Waals surface area (Å²) in [5.74, 6) is 2.47. The fourth-order valence-corrected chi connectivity index (χ4v) is 4.23. The molecule has 0 unspecified atom stereocenters. The summed E-state index contributed by atoms with van der Waals surface area (Å²) in [5, 5.41) is 6.06. The molecule has 1 amide bonds. The number of benzene rings is 2. The highest BCUT2D eigenvalue weighted by Crippen LogP contribution is 2.39. The minimum atomic E-state index is -0.332. The van der Waals surface area contributed by atoms with Gasteiger partial charge in [0.05, 0.1) is 26.4 Å². The lowest BCUT2D eigenvalue weighted by atomic mass is 10.1. The normalized spacial score (nSPS) is 10.9. The molecule has 0 spiro atoms. The number of fused-ring (bicyclic) bond motifs is 1. The first-order valence-corrected chi connectivity index (χ1v) is 12.4. The number of ether oxygens (including phenoxy) is 4. The topological polar surface area (TPSA) is 92.1 Å². The summed E-state index contributed by atoms with van der Waals surface area (Å²) in [6, 6.07) is 10.9. The van der Waals surface area contributed by atoms with Crippen LogP contribution < -0.4 is 24.3 Å². The van der Waals surface area contributed by atoms with Gasteiger partial charge in [-0.25, -0.2) is 4.98 Å². The van der Waals surface area contributed by atoms with Gasteiger partial charge in [-0.05, 0) is 64.1 Å². The van der Waals surface area contributed by atoms with Crippen LogP contribution in [-0.2, 0) is 0 Å². The van der Waals surface area contributed by atoms with Gasteiger partial charge in [0, 0.05) is 16.3 Å². The van der Waals surface area contributed by atoms with Gasteiger partial charge in [0.15, 0.2) is 22.4 Å². The molecular formula is C26H28N2O6S. The van der Waals surface area contributed by atoms with Crippen molar-refractivity contribution in [3.63, 3.8) is 0 Å². The van der Waals surface area contributed by atoms with Crippen molar-refractivity contribution in [2.24, 2.45) is 0 Å². The number of furan rings is 1. The molecule has 1 N–H and O–H groups in total. The Morgan fingerprint density at radius 2 is 1.60 bits per heavy atom. The van der Waals surface area contributed by atoms with Crippen LogP contribution in [0.4, 0.5) is 5.13 Å². The van der Waals surface area contributed by atoms with Gasteiger partial charge in [0.1, 0.15) is 17.0 Å². The molecule has 2 aromatic carbocycles. The van der Waals surface area contributed by atoms with E-state index in [4.69, 9.17) is 23.4 Å². The van der Waals surface area contributed by atoms with Gasteiger partial charge in [0.25, 0.3) is 5.91 Å². The van der Waals surface area contributed by atoms with Gasteiger partial charge in [-0.1, -0.05) is 0 Å². The van der Waals surface area contributed by atoms with E-state index in [1.807, 2.05) is 57.3 Å². The van der Waals surface area contributed by atoms with E-state index in [-0.39, 0.29) is 5.91 Å². The number of carbonyl (C=O) groups excluding carboxylic acids is 1. The maximum Gasteiger partial charge on any atom is 0.257 e. The highest BCUT2D eigenvalue weighted by atomic mass is 32.1. The molecule has 184 valence electrons. The van der Waals surface area contributed by atoms with Gasteiger partial charge >= 0.3 is 0 Å². The third-order valence-corrected chi connectivity index (χ3v) is 5.70. The van der Waals surface area contributed by atoms with Gasteiger partial charge < -0.3 is 23.4 Å². The number of hydrogen-bond acceptors (Lipinski definition) is 8. The molecule has 35 heavy (non-hydrogen) atoms. The fraction of sp³-hybridized carbons (Fsp3) is 0.308. The molecule has 0 saturated carbocycles. The first kappa shape index (κ1) is 24.4. The van der Waals surface area contributed by atoms with Crippen LogP contribution in [0.2, 0.25) is 0 Å². The van der Waals surface area contributed by atoms with E-state index in [9.17, 15) is 4.79 Å². The first-order chi connectivity index (χ1) is 17.1. The Hall–Kier alpha value is -3.72. The van der Waals surface area contributed by atoms with Crippen LogP contribution in [-0.4, -0.2) is 37.3 Å². The molecule has 0 atom stereocenters. The molecule has 0 bridgehead atoms. The maximum absolute atomic E-state index is 13.0. The lowest BCUT2D eigenvalue weighted by molar-refractivity contribution is 0.102. The number of aromatic nitrogens is 1. The molecule has 0 aliphatic rings. The Kier molecular flexibility index (Phi) is 7.77. The zero-order valence-corrected chi connectivity index (χ0v) is 21.0. The average molecular weight is 497 g/mol. The quantitative estimate of drug-likeness (QED) is 0.257. The Morgan fingerprint density at radius 3 is 2.26 bits per heavy atom. The van der Waals surface area contributed by atoms with Crippen LogP contribution in [0.3, 0.4) is 0 Å². The smallest absolute Gasteiger partial charge is 0.257 e. The summed E-state index contributed by atoms with van der Waals surface area (Å²) in [5.41, 5.74) is 1.75. The third kappa shape index (κ3) is 5.51. The summed E-state index contributed by atoms with van der Waals surface area (Å²) >= 11 is 1.31.